The summed E-state index contributed by atoms with van der Waals surface area (Å²) in [5, 5.41) is 23.1. The van der Waals surface area contributed by atoms with Crippen LogP contribution in [0.1, 0.15) is 59.3 Å². The molecule has 4 fully saturated rings. The number of alkyl carbamates (subject to hydrolysis) is 1. The van der Waals surface area contributed by atoms with Crippen LogP contribution >= 0.6 is 0 Å². The number of carboxylic acid groups (broad SMARTS) is 1. The molecule has 5 atom stereocenters. The summed E-state index contributed by atoms with van der Waals surface area (Å²) in [5.74, 6) is -0.312. The van der Waals surface area contributed by atoms with Crippen molar-refractivity contribution in [3.8, 4) is 0 Å². The second kappa shape index (κ2) is 5.10. The Bertz CT molecular complexity index is 510. The maximum atomic E-state index is 12.1. The fraction of sp³-hybridized carbons (Fsp3) is 0.882. The van der Waals surface area contributed by atoms with E-state index in [0.717, 1.165) is 32.1 Å². The Morgan fingerprint density at radius 1 is 1.17 bits per heavy atom. The highest BCUT2D eigenvalue weighted by Gasteiger charge is 2.61. The second-order valence-corrected chi connectivity index (χ2v) is 8.97. The number of aliphatic carboxylic acids is 1. The van der Waals surface area contributed by atoms with Crippen molar-refractivity contribution in [2.75, 3.05) is 0 Å². The molecule has 0 saturated heterocycles. The van der Waals surface area contributed by atoms with Crippen molar-refractivity contribution in [2.24, 2.45) is 17.3 Å². The fourth-order valence-corrected chi connectivity index (χ4v) is 5.52. The van der Waals surface area contributed by atoms with E-state index in [1.54, 1.807) is 20.8 Å². The lowest BCUT2D eigenvalue weighted by molar-refractivity contribution is -0.182. The molecule has 0 spiro atoms. The molecule has 4 aliphatic rings. The van der Waals surface area contributed by atoms with Crippen LogP contribution in [0.4, 0.5) is 4.79 Å². The van der Waals surface area contributed by atoms with Gasteiger partial charge in [-0.2, -0.15) is 0 Å². The van der Waals surface area contributed by atoms with E-state index in [2.05, 4.69) is 5.32 Å². The van der Waals surface area contributed by atoms with Crippen LogP contribution in [0.5, 0.6) is 0 Å². The maximum absolute atomic E-state index is 12.1. The molecule has 0 aliphatic heterocycles. The Labute approximate surface area is 136 Å². The van der Waals surface area contributed by atoms with Gasteiger partial charge in [-0.25, -0.2) is 9.59 Å². The molecule has 4 rings (SSSR count). The predicted octanol–water partition coefficient (Wildman–Crippen LogP) is 2.30. The Kier molecular flexibility index (Phi) is 3.67. The molecule has 0 heterocycles. The predicted molar refractivity (Wildman–Crippen MR) is 82.9 cm³/mol. The highest BCUT2D eigenvalue weighted by Crippen LogP contribution is 2.62. The van der Waals surface area contributed by atoms with Crippen molar-refractivity contribution in [1.29, 1.82) is 0 Å². The van der Waals surface area contributed by atoms with Gasteiger partial charge in [0.2, 0.25) is 0 Å². The quantitative estimate of drug-likeness (QED) is 0.740. The van der Waals surface area contributed by atoms with Crippen LogP contribution in [0.2, 0.25) is 0 Å². The molecular formula is C17H27NO5. The summed E-state index contributed by atoms with van der Waals surface area (Å²) >= 11 is 0. The van der Waals surface area contributed by atoms with Crippen LogP contribution in [0, 0.1) is 17.3 Å². The maximum Gasteiger partial charge on any atom is 0.408 e. The molecule has 23 heavy (non-hydrogen) atoms. The number of amides is 1. The first-order valence-corrected chi connectivity index (χ1v) is 8.45. The van der Waals surface area contributed by atoms with Gasteiger partial charge in [0.1, 0.15) is 11.6 Å². The number of rotatable bonds is 3. The number of hydrogen-bond donors (Lipinski definition) is 3. The minimum Gasteiger partial charge on any atom is -0.480 e. The van der Waals surface area contributed by atoms with Gasteiger partial charge in [0, 0.05) is 5.41 Å². The van der Waals surface area contributed by atoms with E-state index in [-0.39, 0.29) is 0 Å². The van der Waals surface area contributed by atoms with E-state index in [1.165, 1.54) is 0 Å². The minimum absolute atomic E-state index is 0.364. The lowest BCUT2D eigenvalue weighted by Gasteiger charge is -2.61. The number of hydrogen-bond acceptors (Lipinski definition) is 4. The lowest BCUT2D eigenvalue weighted by atomic mass is 9.46. The minimum atomic E-state index is -1.04. The smallest absolute Gasteiger partial charge is 0.408 e. The van der Waals surface area contributed by atoms with Crippen LogP contribution in [0.3, 0.4) is 0 Å². The summed E-state index contributed by atoms with van der Waals surface area (Å²) in [6.07, 6.45) is 3.89. The molecule has 0 unspecified atom stereocenters. The number of aliphatic hydroxyl groups is 1. The van der Waals surface area contributed by atoms with Crippen molar-refractivity contribution in [3.05, 3.63) is 0 Å². The molecule has 4 bridgehead atoms. The molecule has 0 aromatic rings. The van der Waals surface area contributed by atoms with E-state index in [9.17, 15) is 19.8 Å². The normalized spacial score (nSPS) is 39.8. The molecule has 130 valence electrons. The summed E-state index contributed by atoms with van der Waals surface area (Å²) < 4.78 is 5.23. The van der Waals surface area contributed by atoms with Gasteiger partial charge in [0.05, 0.1) is 5.60 Å². The van der Waals surface area contributed by atoms with Crippen LogP contribution in [-0.2, 0) is 9.53 Å². The monoisotopic (exact) mass is 325 g/mol. The zero-order valence-corrected chi connectivity index (χ0v) is 14.1. The van der Waals surface area contributed by atoms with Crippen molar-refractivity contribution in [3.63, 3.8) is 0 Å². The Morgan fingerprint density at radius 2 is 1.74 bits per heavy atom. The van der Waals surface area contributed by atoms with E-state index in [0.29, 0.717) is 18.3 Å². The number of nitrogens with one attached hydrogen (secondary N) is 1. The average molecular weight is 325 g/mol. The van der Waals surface area contributed by atoms with Gasteiger partial charge >= 0.3 is 12.1 Å². The molecule has 0 aromatic heterocycles. The molecule has 4 aliphatic carbocycles. The van der Waals surface area contributed by atoms with Gasteiger partial charge in [0.25, 0.3) is 0 Å². The topological polar surface area (TPSA) is 95.9 Å². The largest absolute Gasteiger partial charge is 0.480 e. The first-order valence-electron chi connectivity index (χ1n) is 8.45. The highest BCUT2D eigenvalue weighted by atomic mass is 16.6. The first kappa shape index (κ1) is 16.6. The summed E-state index contributed by atoms with van der Waals surface area (Å²) in [4.78, 5) is 24.0. The summed E-state index contributed by atoms with van der Waals surface area (Å²) in [6.45, 7) is 5.24. The molecule has 1 amide bonds. The fourth-order valence-electron chi connectivity index (χ4n) is 5.52. The van der Waals surface area contributed by atoms with Gasteiger partial charge in [0.15, 0.2) is 0 Å². The Hall–Kier alpha value is -1.30. The molecule has 6 heteroatoms. The first-order chi connectivity index (χ1) is 10.5. The summed E-state index contributed by atoms with van der Waals surface area (Å²) in [6, 6.07) is -1.00. The number of carboxylic acids is 1. The van der Waals surface area contributed by atoms with Gasteiger partial charge in [-0.15, -0.1) is 0 Å². The van der Waals surface area contributed by atoms with Gasteiger partial charge in [-0.05, 0) is 71.1 Å². The standard InChI is InChI=1S/C17H27NO5/c1-15(2,3)23-14(21)18-12(13(19)20)16-5-10-4-11(6-16)8-17(22,7-10)9-16/h10-12,22H,4-9H2,1-3H3,(H,18,21)(H,19,20)/t10-,11+,12-,16+,17-/m1/s1. The third-order valence-electron chi connectivity index (χ3n) is 5.60. The molecule has 3 N–H and O–H groups in total. The van der Waals surface area contributed by atoms with E-state index < -0.39 is 34.7 Å². The van der Waals surface area contributed by atoms with Crippen molar-refractivity contribution < 1.29 is 24.5 Å². The van der Waals surface area contributed by atoms with Crippen molar-refractivity contribution >= 4 is 12.1 Å². The Balaban J connectivity index is 1.81. The zero-order valence-electron chi connectivity index (χ0n) is 14.1. The molecule has 0 aromatic carbocycles. The highest BCUT2D eigenvalue weighted by molar-refractivity contribution is 5.81. The summed E-state index contributed by atoms with van der Waals surface area (Å²) in [5.41, 5.74) is -1.98. The molecule has 0 radical (unpaired) electrons. The lowest BCUT2D eigenvalue weighted by Crippen LogP contribution is -2.64. The van der Waals surface area contributed by atoms with Gasteiger partial charge in [-0.1, -0.05) is 0 Å². The van der Waals surface area contributed by atoms with E-state index >= 15 is 0 Å². The number of ether oxygens (including phenoxy) is 1. The second-order valence-electron chi connectivity index (χ2n) is 8.97. The van der Waals surface area contributed by atoms with Crippen LogP contribution in [0.25, 0.3) is 0 Å². The molecular weight excluding hydrogens is 298 g/mol. The average Bonchev–Trinajstić information content (AvgIpc) is 2.29. The Morgan fingerprint density at radius 3 is 2.17 bits per heavy atom. The van der Waals surface area contributed by atoms with Gasteiger partial charge in [-0.3, -0.25) is 0 Å². The van der Waals surface area contributed by atoms with Crippen molar-refractivity contribution in [2.45, 2.75) is 76.5 Å². The SMILES string of the molecule is CC(C)(C)OC(=O)N[C@H](C(=O)O)[C@@]12C[C@@H]3C[C@@H](C[C@@](O)(C3)C1)C2. The van der Waals surface area contributed by atoms with E-state index in [4.69, 9.17) is 4.74 Å². The van der Waals surface area contributed by atoms with Crippen LogP contribution < -0.4 is 5.32 Å². The number of carbonyl (C=O) groups excluding carboxylic acids is 1. The van der Waals surface area contributed by atoms with Crippen LogP contribution in [0.15, 0.2) is 0 Å². The summed E-state index contributed by atoms with van der Waals surface area (Å²) in [7, 11) is 0. The third-order valence-corrected chi connectivity index (χ3v) is 5.60. The number of carbonyl (C=O) groups is 2. The molecule has 6 nitrogen and oxygen atoms in total. The van der Waals surface area contributed by atoms with Crippen LogP contribution in [-0.4, -0.2) is 39.5 Å². The van der Waals surface area contributed by atoms with Crippen molar-refractivity contribution in [1.82, 2.24) is 5.32 Å². The van der Waals surface area contributed by atoms with E-state index in [1.807, 2.05) is 0 Å². The molecule has 4 saturated carbocycles. The zero-order chi connectivity index (χ0) is 17.0. The third kappa shape index (κ3) is 3.18. The van der Waals surface area contributed by atoms with Gasteiger partial charge < -0.3 is 20.3 Å².